The third-order valence-electron chi connectivity index (χ3n) is 4.02. The van der Waals surface area contributed by atoms with E-state index in [1.807, 2.05) is 34.9 Å². The molecule has 1 aromatic carbocycles. The second kappa shape index (κ2) is 7.06. The van der Waals surface area contributed by atoms with E-state index in [-0.39, 0.29) is 5.91 Å². The number of fused-ring (bicyclic) bond motifs is 1. The third kappa shape index (κ3) is 3.38. The molecule has 3 heterocycles. The number of nitrogens with zero attached hydrogens (tertiary/aromatic N) is 3. The summed E-state index contributed by atoms with van der Waals surface area (Å²) in [5.74, 6) is 0.884. The molecule has 0 atom stereocenters. The van der Waals surface area contributed by atoms with Crippen molar-refractivity contribution in [2.75, 3.05) is 7.11 Å². The molecule has 1 aliphatic heterocycles. The van der Waals surface area contributed by atoms with Gasteiger partial charge in [-0.3, -0.25) is 4.79 Å². The molecule has 1 fully saturated rings. The smallest absolute Gasteiger partial charge is 0.263 e. The van der Waals surface area contributed by atoms with E-state index in [4.69, 9.17) is 27.0 Å². The van der Waals surface area contributed by atoms with Crippen LogP contribution in [0.5, 0.6) is 5.75 Å². The van der Waals surface area contributed by atoms with Gasteiger partial charge >= 0.3 is 0 Å². The molecule has 0 saturated carbocycles. The molecule has 9 heteroatoms. The molecule has 3 aromatic rings. The summed E-state index contributed by atoms with van der Waals surface area (Å²) >= 11 is 7.90. The Morgan fingerprint density at radius 1 is 1.30 bits per heavy atom. The monoisotopic (exact) mass is 416 g/mol. The zero-order valence-electron chi connectivity index (χ0n) is 14.8. The predicted molar refractivity (Wildman–Crippen MR) is 113 cm³/mol. The Balaban J connectivity index is 1.89. The zero-order chi connectivity index (χ0) is 19.1. The van der Waals surface area contributed by atoms with Crippen molar-refractivity contribution in [3.05, 3.63) is 39.9 Å². The number of hydrogen-bond acceptors (Lipinski definition) is 7. The number of aromatic nitrogens is 3. The van der Waals surface area contributed by atoms with Gasteiger partial charge in [-0.15, -0.1) is 0 Å². The van der Waals surface area contributed by atoms with Gasteiger partial charge in [0, 0.05) is 11.5 Å². The van der Waals surface area contributed by atoms with E-state index >= 15 is 0 Å². The maximum Gasteiger partial charge on any atom is 0.263 e. The largest absolute Gasteiger partial charge is 0.497 e. The predicted octanol–water partition coefficient (Wildman–Crippen LogP) is 4.08. The second-order valence-corrected chi connectivity index (χ2v) is 8.92. The fourth-order valence-electron chi connectivity index (χ4n) is 2.65. The van der Waals surface area contributed by atoms with Crippen molar-refractivity contribution in [2.45, 2.75) is 19.8 Å². The molecule has 0 radical (unpaired) electrons. The topological polar surface area (TPSA) is 68.5 Å². The Morgan fingerprint density at radius 2 is 2.04 bits per heavy atom. The van der Waals surface area contributed by atoms with Crippen molar-refractivity contribution in [1.82, 2.24) is 19.9 Å². The Kier molecular flexibility index (Phi) is 4.75. The molecular weight excluding hydrogens is 400 g/mol. The molecule has 1 saturated heterocycles. The Bertz CT molecular complexity index is 1080. The highest BCUT2D eigenvalue weighted by Crippen LogP contribution is 2.34. The summed E-state index contributed by atoms with van der Waals surface area (Å²) in [5.41, 5.74) is 2.46. The molecule has 1 N–H and O–H groups in total. The van der Waals surface area contributed by atoms with Crippen LogP contribution >= 0.6 is 35.3 Å². The van der Waals surface area contributed by atoms with Gasteiger partial charge in [-0.2, -0.15) is 5.10 Å². The number of amides is 1. The van der Waals surface area contributed by atoms with E-state index in [1.54, 1.807) is 18.4 Å². The van der Waals surface area contributed by atoms with Gasteiger partial charge < -0.3 is 10.1 Å². The zero-order valence-corrected chi connectivity index (χ0v) is 17.3. The lowest BCUT2D eigenvalue weighted by molar-refractivity contribution is -0.115. The summed E-state index contributed by atoms with van der Waals surface area (Å²) in [5, 5.41) is 8.35. The fourth-order valence-corrected chi connectivity index (χ4v) is 4.58. The molecule has 1 amide bonds. The Hall–Kier alpha value is -2.23. The van der Waals surface area contributed by atoms with Crippen LogP contribution in [0.3, 0.4) is 0 Å². The van der Waals surface area contributed by atoms with E-state index in [0.29, 0.717) is 15.1 Å². The van der Waals surface area contributed by atoms with Gasteiger partial charge in [0.1, 0.15) is 15.1 Å². The fraction of sp³-hybridized carbons (Fsp3) is 0.222. The summed E-state index contributed by atoms with van der Waals surface area (Å²) in [6, 6.07) is 7.67. The van der Waals surface area contributed by atoms with Crippen LogP contribution in [-0.2, 0) is 4.79 Å². The maximum atomic E-state index is 12.1. The number of carbonyl (C=O) groups is 1. The van der Waals surface area contributed by atoms with Gasteiger partial charge in [0.25, 0.3) is 5.91 Å². The highest BCUT2D eigenvalue weighted by Gasteiger charge is 2.25. The molecular formula is C18H16N4O2S3. The number of methoxy groups -OCH3 is 1. The summed E-state index contributed by atoms with van der Waals surface area (Å²) in [6.07, 6.45) is 1.81. The van der Waals surface area contributed by atoms with Crippen LogP contribution in [0.4, 0.5) is 0 Å². The van der Waals surface area contributed by atoms with Crippen LogP contribution in [-0.4, -0.2) is 31.9 Å². The summed E-state index contributed by atoms with van der Waals surface area (Å²) in [6.45, 7) is 4.19. The molecule has 138 valence electrons. The number of thiocarbonyl (C=S) groups is 1. The molecule has 2 aromatic heterocycles. The average molecular weight is 417 g/mol. The molecule has 0 unspecified atom stereocenters. The van der Waals surface area contributed by atoms with E-state index in [0.717, 1.165) is 32.7 Å². The lowest BCUT2D eigenvalue weighted by atomic mass is 10.1. The first-order valence-corrected chi connectivity index (χ1v) is 10.3. The molecule has 0 aliphatic carbocycles. The van der Waals surface area contributed by atoms with Crippen LogP contribution in [0.25, 0.3) is 22.3 Å². The van der Waals surface area contributed by atoms with Crippen molar-refractivity contribution < 1.29 is 9.53 Å². The van der Waals surface area contributed by atoms with Crippen molar-refractivity contribution in [3.63, 3.8) is 0 Å². The highest BCUT2D eigenvalue weighted by molar-refractivity contribution is 8.26. The number of carbonyl (C=O) groups excluding carboxylic acids is 1. The first-order chi connectivity index (χ1) is 13.0. The van der Waals surface area contributed by atoms with Crippen molar-refractivity contribution in [1.29, 1.82) is 0 Å². The SMILES string of the molecule is COc1ccc(-c2nc3sc(C(C)C)nn3c2C=C2SC(=S)NC2=O)cc1. The number of benzene rings is 1. The maximum absolute atomic E-state index is 12.1. The van der Waals surface area contributed by atoms with Crippen LogP contribution in [0, 0.1) is 0 Å². The molecule has 27 heavy (non-hydrogen) atoms. The van der Waals surface area contributed by atoms with Gasteiger partial charge in [-0.1, -0.05) is 49.2 Å². The van der Waals surface area contributed by atoms with E-state index in [2.05, 4.69) is 19.2 Å². The summed E-state index contributed by atoms with van der Waals surface area (Å²) in [4.78, 5) is 18.3. The minimum absolute atomic E-state index is 0.194. The Labute approximate surface area is 169 Å². The first kappa shape index (κ1) is 18.1. The number of rotatable bonds is 4. The lowest BCUT2D eigenvalue weighted by Gasteiger charge is -2.03. The molecule has 0 spiro atoms. The van der Waals surface area contributed by atoms with Gasteiger partial charge in [-0.25, -0.2) is 9.50 Å². The first-order valence-electron chi connectivity index (χ1n) is 8.25. The molecule has 4 rings (SSSR count). The number of nitrogens with one attached hydrogen (secondary N) is 1. The number of hydrogen-bond donors (Lipinski definition) is 1. The summed E-state index contributed by atoms with van der Waals surface area (Å²) in [7, 11) is 1.63. The van der Waals surface area contributed by atoms with Crippen LogP contribution in [0.1, 0.15) is 30.5 Å². The average Bonchev–Trinajstić information content (AvgIpc) is 3.29. The second-order valence-electron chi connectivity index (χ2n) is 6.22. The third-order valence-corrected chi connectivity index (χ3v) is 6.39. The van der Waals surface area contributed by atoms with Gasteiger partial charge in [-0.05, 0) is 30.3 Å². The number of imidazole rings is 1. The van der Waals surface area contributed by atoms with Crippen molar-refractivity contribution >= 4 is 56.6 Å². The van der Waals surface area contributed by atoms with Crippen LogP contribution in [0.2, 0.25) is 0 Å². The quantitative estimate of drug-likeness (QED) is 0.511. The minimum atomic E-state index is -0.194. The van der Waals surface area contributed by atoms with Crippen LogP contribution in [0.15, 0.2) is 29.2 Å². The lowest BCUT2D eigenvalue weighted by Crippen LogP contribution is -2.17. The summed E-state index contributed by atoms with van der Waals surface area (Å²) < 4.78 is 7.50. The number of thioether (sulfide) groups is 1. The standard InChI is InChI=1S/C18H16N4O2S3/c1-9(2)16-21-22-12(8-13-15(23)20-18(25)26-13)14(19-17(22)27-16)10-4-6-11(24-3)7-5-10/h4-9H,1-3H3,(H,20,23,25). The molecule has 6 nitrogen and oxygen atoms in total. The van der Waals surface area contributed by atoms with Gasteiger partial charge in [0.05, 0.1) is 23.4 Å². The van der Waals surface area contributed by atoms with Crippen molar-refractivity contribution in [2.24, 2.45) is 0 Å². The van der Waals surface area contributed by atoms with E-state index in [9.17, 15) is 4.79 Å². The van der Waals surface area contributed by atoms with Gasteiger partial charge in [0.2, 0.25) is 4.96 Å². The minimum Gasteiger partial charge on any atom is -0.497 e. The van der Waals surface area contributed by atoms with Crippen LogP contribution < -0.4 is 10.1 Å². The molecule has 0 bridgehead atoms. The normalized spacial score (nSPS) is 15.9. The highest BCUT2D eigenvalue weighted by atomic mass is 32.2. The molecule has 1 aliphatic rings. The number of ether oxygens (including phenoxy) is 1. The van der Waals surface area contributed by atoms with Crippen molar-refractivity contribution in [3.8, 4) is 17.0 Å². The Morgan fingerprint density at radius 3 is 2.63 bits per heavy atom. The van der Waals surface area contributed by atoms with E-state index in [1.165, 1.54) is 11.8 Å². The van der Waals surface area contributed by atoms with Gasteiger partial charge in [0.15, 0.2) is 0 Å². The van der Waals surface area contributed by atoms with E-state index < -0.39 is 0 Å².